The van der Waals surface area contributed by atoms with Gasteiger partial charge in [-0.25, -0.2) is 9.93 Å². The number of aldehydes is 1. The Balaban J connectivity index is 1.60. The Morgan fingerprint density at radius 1 is 1.20 bits per heavy atom. The van der Waals surface area contributed by atoms with Crippen molar-refractivity contribution in [3.63, 3.8) is 0 Å². The van der Waals surface area contributed by atoms with Gasteiger partial charge in [-0.2, -0.15) is 0 Å². The summed E-state index contributed by atoms with van der Waals surface area (Å²) in [4.78, 5) is 30.2. The smallest absolute Gasteiger partial charge is 0.251 e. The van der Waals surface area contributed by atoms with Gasteiger partial charge in [0, 0.05) is 24.2 Å². The molecule has 2 aliphatic rings. The second-order valence-corrected chi connectivity index (χ2v) is 13.3. The second kappa shape index (κ2) is 14.6. The van der Waals surface area contributed by atoms with Gasteiger partial charge in [0.2, 0.25) is 0 Å². The summed E-state index contributed by atoms with van der Waals surface area (Å²) in [5.41, 5.74) is 7.38. The predicted molar refractivity (Wildman–Crippen MR) is 174 cm³/mol. The lowest BCUT2D eigenvalue weighted by molar-refractivity contribution is -0.102. The Hall–Kier alpha value is -3.34. The lowest BCUT2D eigenvalue weighted by Crippen LogP contribution is -2.50. The summed E-state index contributed by atoms with van der Waals surface area (Å²) in [6, 6.07) is 11.9. The normalized spacial score (nSPS) is 21.7. The van der Waals surface area contributed by atoms with E-state index < -0.39 is 11.5 Å². The van der Waals surface area contributed by atoms with Gasteiger partial charge in [-0.3, -0.25) is 25.3 Å². The molecule has 44 heavy (non-hydrogen) atoms. The van der Waals surface area contributed by atoms with Crippen LogP contribution in [0.4, 0.5) is 4.39 Å². The van der Waals surface area contributed by atoms with E-state index in [0.29, 0.717) is 29.2 Å². The first-order valence-corrected chi connectivity index (χ1v) is 15.8. The Bertz CT molecular complexity index is 1370. The van der Waals surface area contributed by atoms with Gasteiger partial charge >= 0.3 is 0 Å². The number of nitrogens with one attached hydrogen (secondary N) is 4. The first-order valence-electron chi connectivity index (χ1n) is 15.4. The molecule has 0 spiro atoms. The van der Waals surface area contributed by atoms with E-state index in [-0.39, 0.29) is 34.6 Å². The Labute approximate surface area is 265 Å². The lowest BCUT2D eigenvalue weighted by Gasteiger charge is -2.44. The van der Waals surface area contributed by atoms with E-state index in [1.54, 1.807) is 18.2 Å². The van der Waals surface area contributed by atoms with Crippen LogP contribution in [0, 0.1) is 17.2 Å². The van der Waals surface area contributed by atoms with E-state index in [1.807, 2.05) is 24.3 Å². The van der Waals surface area contributed by atoms with Gasteiger partial charge in [-0.05, 0) is 73.3 Å². The maximum absolute atomic E-state index is 14.4. The molecule has 1 fully saturated rings. The van der Waals surface area contributed by atoms with E-state index in [2.05, 4.69) is 54.4 Å². The number of amidine groups is 1. The maximum atomic E-state index is 14.4. The Kier molecular flexibility index (Phi) is 11.2. The third-order valence-electron chi connectivity index (χ3n) is 8.61. The lowest BCUT2D eigenvalue weighted by atomic mass is 9.69. The fraction of sp³-hybridized carbons (Fsp3) is 0.515. The fourth-order valence-electron chi connectivity index (χ4n) is 5.94. The number of hydrazone groups is 1. The fourth-order valence-corrected chi connectivity index (χ4v) is 6.06. The predicted octanol–water partition coefficient (Wildman–Crippen LogP) is 5.92. The van der Waals surface area contributed by atoms with Crippen LogP contribution in [0.15, 0.2) is 52.6 Å². The molecule has 1 amide bonds. The van der Waals surface area contributed by atoms with E-state index in [0.717, 1.165) is 50.5 Å². The summed E-state index contributed by atoms with van der Waals surface area (Å²) in [7, 11) is 1.78. The van der Waals surface area contributed by atoms with E-state index in [9.17, 15) is 14.0 Å². The molecule has 0 bridgehead atoms. The summed E-state index contributed by atoms with van der Waals surface area (Å²) in [6.45, 7) is 9.23. The van der Waals surface area contributed by atoms with Gasteiger partial charge in [0.05, 0.1) is 11.6 Å². The van der Waals surface area contributed by atoms with Crippen molar-refractivity contribution in [2.75, 3.05) is 13.6 Å². The number of amides is 1. The third-order valence-corrected chi connectivity index (χ3v) is 8.92. The van der Waals surface area contributed by atoms with Gasteiger partial charge in [-0.15, -0.1) is 10.2 Å². The average molecular weight is 626 g/mol. The molecule has 1 heterocycles. The highest BCUT2D eigenvalue weighted by Gasteiger charge is 2.40. The van der Waals surface area contributed by atoms with Crippen LogP contribution in [0.25, 0.3) is 0 Å². The number of carbonyl (C=O) groups excluding carboxylic acids is 2. The first kappa shape index (κ1) is 33.6. The SMILES string of the molecule is CCCCC(NC1(/N=C(\C=O)c2ccc(Cl)c(F)c2)CCC(C(C)(C)C)CC1)c1ccc(C(=O)NCC2=NNN(C)N2)cc1. The molecule has 11 heteroatoms. The third kappa shape index (κ3) is 8.64. The van der Waals surface area contributed by atoms with Crippen molar-refractivity contribution in [2.24, 2.45) is 21.4 Å². The quantitative estimate of drug-likeness (QED) is 0.172. The van der Waals surface area contributed by atoms with Crippen molar-refractivity contribution >= 4 is 35.3 Å². The second-order valence-electron chi connectivity index (χ2n) is 12.9. The Morgan fingerprint density at radius 2 is 1.89 bits per heavy atom. The minimum Gasteiger partial charge on any atom is -0.345 e. The maximum Gasteiger partial charge on any atom is 0.251 e. The molecule has 238 valence electrons. The van der Waals surface area contributed by atoms with Crippen LogP contribution in [0.3, 0.4) is 0 Å². The minimum absolute atomic E-state index is 0.00264. The number of hydrogen-bond donors (Lipinski definition) is 4. The van der Waals surface area contributed by atoms with Crippen molar-refractivity contribution in [2.45, 2.75) is 84.3 Å². The van der Waals surface area contributed by atoms with Gasteiger partial charge in [0.1, 0.15) is 17.2 Å². The Morgan fingerprint density at radius 3 is 2.45 bits per heavy atom. The zero-order valence-electron chi connectivity index (χ0n) is 26.3. The summed E-state index contributed by atoms with van der Waals surface area (Å²) in [6.07, 6.45) is 6.97. The summed E-state index contributed by atoms with van der Waals surface area (Å²) >= 11 is 5.92. The van der Waals surface area contributed by atoms with Crippen molar-refractivity contribution in [3.05, 3.63) is 70.0 Å². The summed E-state index contributed by atoms with van der Waals surface area (Å²) in [5.74, 6) is 0.359. The van der Waals surface area contributed by atoms with Crippen LogP contribution in [-0.4, -0.2) is 48.1 Å². The van der Waals surface area contributed by atoms with Crippen molar-refractivity contribution in [1.29, 1.82) is 0 Å². The molecule has 1 atom stereocenters. The van der Waals surface area contributed by atoms with Crippen LogP contribution in [0.1, 0.15) is 100 Å². The number of benzene rings is 2. The molecule has 1 aliphatic heterocycles. The summed E-state index contributed by atoms with van der Waals surface area (Å²) < 4.78 is 14.4. The van der Waals surface area contributed by atoms with E-state index >= 15 is 0 Å². The number of nitrogens with zero attached hydrogens (tertiary/aromatic N) is 3. The largest absolute Gasteiger partial charge is 0.345 e. The van der Waals surface area contributed by atoms with Gasteiger partial charge in [-0.1, -0.05) is 70.3 Å². The monoisotopic (exact) mass is 625 g/mol. The molecular formula is C33H45ClFN7O2. The number of hydrazine groups is 2. The number of rotatable bonds is 12. The van der Waals surface area contributed by atoms with Crippen LogP contribution >= 0.6 is 11.6 Å². The molecule has 1 unspecified atom stereocenters. The molecule has 1 aliphatic carbocycles. The average Bonchev–Trinajstić information content (AvgIpc) is 3.43. The number of carbonyl (C=O) groups is 2. The molecule has 2 aromatic carbocycles. The number of aliphatic imine (C=N–C) groups is 1. The van der Waals surface area contributed by atoms with Gasteiger partial charge < -0.3 is 5.32 Å². The number of halogens is 2. The van der Waals surface area contributed by atoms with E-state index in [1.165, 1.54) is 12.1 Å². The van der Waals surface area contributed by atoms with Crippen LogP contribution < -0.4 is 21.6 Å². The highest BCUT2D eigenvalue weighted by atomic mass is 35.5. The zero-order chi connectivity index (χ0) is 31.9. The van der Waals surface area contributed by atoms with Crippen LogP contribution in [0.2, 0.25) is 5.02 Å². The van der Waals surface area contributed by atoms with E-state index in [4.69, 9.17) is 16.6 Å². The molecule has 0 aromatic heterocycles. The topological polar surface area (TPSA) is 110 Å². The number of hydrogen-bond acceptors (Lipinski definition) is 8. The van der Waals surface area contributed by atoms with Gasteiger partial charge in [0.15, 0.2) is 12.1 Å². The molecular weight excluding hydrogens is 581 g/mol. The van der Waals surface area contributed by atoms with Crippen LogP contribution in [0.5, 0.6) is 0 Å². The summed E-state index contributed by atoms with van der Waals surface area (Å²) in [5, 5.41) is 12.4. The first-order chi connectivity index (χ1) is 20.9. The molecule has 4 rings (SSSR count). The van der Waals surface area contributed by atoms with Crippen molar-refractivity contribution < 1.29 is 14.0 Å². The molecule has 4 N–H and O–H groups in total. The minimum atomic E-state index is -0.710. The molecule has 1 saturated carbocycles. The molecule has 9 nitrogen and oxygen atoms in total. The standard InChI is InChI=1S/C33H45ClFN7O2/c1-6-7-8-28(22-9-11-23(12-10-22)31(44)36-20-30-39-41-42(5)40-30)37-33(17-15-25(16-18-33)32(2,3)4)38-29(21-43)24-13-14-26(34)27(35)19-24/h9-14,19,21,25,28,37,41H,6-8,15-18,20H2,1-5H3,(H,36,44)(H,39,40)/b38-29+. The van der Waals surface area contributed by atoms with Crippen molar-refractivity contribution in [3.8, 4) is 0 Å². The molecule has 2 aromatic rings. The zero-order valence-corrected chi connectivity index (χ0v) is 27.1. The highest BCUT2D eigenvalue weighted by Crippen LogP contribution is 2.43. The highest BCUT2D eigenvalue weighted by molar-refractivity contribution is 6.37. The van der Waals surface area contributed by atoms with Crippen molar-refractivity contribution in [1.82, 2.24) is 26.7 Å². The van der Waals surface area contributed by atoms with Crippen LogP contribution in [-0.2, 0) is 4.79 Å². The molecule has 0 saturated heterocycles. The van der Waals surface area contributed by atoms with Gasteiger partial charge in [0.25, 0.3) is 5.91 Å². The molecule has 0 radical (unpaired) electrons. The number of unbranched alkanes of at least 4 members (excludes halogenated alkanes) is 1.